The molecule has 0 unspecified atom stereocenters. The standard InChI is InChI=1S/C30H32ClN3O4/c1-4-5-13-27-32-34(26-12-7-6-11-25(26)31)30(37)33(27)18-21-14-16-23(17-15-21)38-19-22-9-8-10-24(29(35)36)28(22)20(2)3/h6-12,14-17,20H,4-5,13,18-19H2,1-3H3,(H,35,36). The Morgan fingerprint density at radius 2 is 1.79 bits per heavy atom. The van der Waals surface area contributed by atoms with E-state index in [2.05, 4.69) is 12.0 Å². The van der Waals surface area contributed by atoms with Crippen molar-refractivity contribution in [2.24, 2.45) is 0 Å². The number of nitrogens with zero attached hydrogens (tertiary/aromatic N) is 3. The molecular formula is C30H32ClN3O4. The molecule has 7 nitrogen and oxygen atoms in total. The van der Waals surface area contributed by atoms with Gasteiger partial charge < -0.3 is 9.84 Å². The van der Waals surface area contributed by atoms with E-state index in [0.29, 0.717) is 35.0 Å². The molecule has 0 bridgehead atoms. The first-order valence-corrected chi connectivity index (χ1v) is 13.2. The van der Waals surface area contributed by atoms with E-state index >= 15 is 0 Å². The number of aromatic carboxylic acids is 1. The number of ether oxygens (including phenoxy) is 1. The molecule has 4 rings (SSSR count). The van der Waals surface area contributed by atoms with Gasteiger partial charge in [0.15, 0.2) is 0 Å². The highest BCUT2D eigenvalue weighted by atomic mass is 35.5. The fourth-order valence-electron chi connectivity index (χ4n) is 4.54. The molecule has 0 atom stereocenters. The van der Waals surface area contributed by atoms with Gasteiger partial charge in [-0.15, -0.1) is 5.10 Å². The Hall–Kier alpha value is -3.84. The van der Waals surface area contributed by atoms with Crippen LogP contribution in [0.1, 0.15) is 72.4 Å². The minimum atomic E-state index is -0.939. The first-order chi connectivity index (χ1) is 18.3. The number of carboxylic acids is 1. The van der Waals surface area contributed by atoms with Gasteiger partial charge in [-0.2, -0.15) is 4.68 Å². The SMILES string of the molecule is CCCCc1nn(-c2ccccc2Cl)c(=O)n1Cc1ccc(OCc2cccc(C(=O)O)c2C(C)C)cc1. The quantitative estimate of drug-likeness (QED) is 0.238. The van der Waals surface area contributed by atoms with Crippen molar-refractivity contribution in [3.05, 3.63) is 110 Å². The molecule has 0 saturated carbocycles. The van der Waals surface area contributed by atoms with Gasteiger partial charge in [-0.3, -0.25) is 4.57 Å². The highest BCUT2D eigenvalue weighted by molar-refractivity contribution is 6.32. The van der Waals surface area contributed by atoms with Crippen LogP contribution in [0.5, 0.6) is 5.75 Å². The van der Waals surface area contributed by atoms with Gasteiger partial charge in [-0.05, 0) is 59.4 Å². The highest BCUT2D eigenvalue weighted by Gasteiger charge is 2.18. The maximum atomic E-state index is 13.3. The van der Waals surface area contributed by atoms with Gasteiger partial charge in [0, 0.05) is 6.42 Å². The molecule has 1 aromatic heterocycles. The molecule has 0 spiro atoms. The zero-order valence-electron chi connectivity index (χ0n) is 21.9. The summed E-state index contributed by atoms with van der Waals surface area (Å²) < 4.78 is 9.08. The van der Waals surface area contributed by atoms with E-state index in [9.17, 15) is 14.7 Å². The summed E-state index contributed by atoms with van der Waals surface area (Å²) in [6, 6.07) is 20.0. The summed E-state index contributed by atoms with van der Waals surface area (Å²) in [5, 5.41) is 14.6. The topological polar surface area (TPSA) is 86.4 Å². The van der Waals surface area contributed by atoms with Crippen LogP contribution < -0.4 is 10.4 Å². The van der Waals surface area contributed by atoms with Crippen molar-refractivity contribution in [2.45, 2.75) is 59.1 Å². The molecule has 0 saturated heterocycles. The lowest BCUT2D eigenvalue weighted by molar-refractivity contribution is 0.0695. The number of rotatable bonds is 11. The number of hydrogen-bond acceptors (Lipinski definition) is 4. The van der Waals surface area contributed by atoms with Crippen LogP contribution in [-0.2, 0) is 19.6 Å². The fourth-order valence-corrected chi connectivity index (χ4v) is 4.75. The third-order valence-corrected chi connectivity index (χ3v) is 6.76. The molecule has 8 heteroatoms. The smallest absolute Gasteiger partial charge is 0.351 e. The molecule has 3 aromatic carbocycles. The second-order valence-electron chi connectivity index (χ2n) is 9.52. The lowest BCUT2D eigenvalue weighted by Crippen LogP contribution is -2.25. The molecule has 1 N–H and O–H groups in total. The number of hydrogen-bond donors (Lipinski definition) is 1. The van der Waals surface area contributed by atoms with E-state index in [1.165, 1.54) is 4.68 Å². The lowest BCUT2D eigenvalue weighted by atomic mass is 9.92. The van der Waals surface area contributed by atoms with Gasteiger partial charge in [0.2, 0.25) is 0 Å². The fraction of sp³-hybridized carbons (Fsp3) is 0.300. The zero-order chi connectivity index (χ0) is 27.2. The number of benzene rings is 3. The van der Waals surface area contributed by atoms with Crippen molar-refractivity contribution in [3.8, 4) is 11.4 Å². The van der Waals surface area contributed by atoms with E-state index in [1.807, 2.05) is 56.3 Å². The summed E-state index contributed by atoms with van der Waals surface area (Å²) in [5.41, 5.74) is 3.20. The van der Waals surface area contributed by atoms with Crippen LogP contribution in [0.25, 0.3) is 5.69 Å². The third kappa shape index (κ3) is 6.00. The van der Waals surface area contributed by atoms with Gasteiger partial charge in [-0.25, -0.2) is 9.59 Å². The summed E-state index contributed by atoms with van der Waals surface area (Å²) >= 11 is 6.35. The van der Waals surface area contributed by atoms with Crippen molar-refractivity contribution in [1.82, 2.24) is 14.3 Å². The predicted molar refractivity (Wildman–Crippen MR) is 149 cm³/mol. The molecule has 0 aliphatic carbocycles. The van der Waals surface area contributed by atoms with Gasteiger partial charge in [0.05, 0.1) is 22.8 Å². The molecular weight excluding hydrogens is 502 g/mol. The highest BCUT2D eigenvalue weighted by Crippen LogP contribution is 2.26. The molecule has 0 radical (unpaired) electrons. The lowest BCUT2D eigenvalue weighted by Gasteiger charge is -2.16. The van der Waals surface area contributed by atoms with E-state index in [1.54, 1.807) is 28.8 Å². The Kier molecular flexibility index (Phi) is 8.69. The van der Waals surface area contributed by atoms with E-state index in [-0.39, 0.29) is 18.2 Å². The van der Waals surface area contributed by atoms with Crippen molar-refractivity contribution in [1.29, 1.82) is 0 Å². The van der Waals surface area contributed by atoms with Crippen molar-refractivity contribution >= 4 is 17.6 Å². The Balaban J connectivity index is 1.54. The van der Waals surface area contributed by atoms with Crippen molar-refractivity contribution in [3.63, 3.8) is 0 Å². The summed E-state index contributed by atoms with van der Waals surface area (Å²) in [6.45, 7) is 6.70. The maximum Gasteiger partial charge on any atom is 0.351 e. The number of unbranched alkanes of at least 4 members (excludes halogenated alkanes) is 1. The van der Waals surface area contributed by atoms with Crippen LogP contribution in [0.15, 0.2) is 71.5 Å². The number of halogens is 1. The van der Waals surface area contributed by atoms with Gasteiger partial charge in [-0.1, -0.05) is 75.2 Å². The number of aryl methyl sites for hydroxylation is 1. The van der Waals surface area contributed by atoms with E-state index in [4.69, 9.17) is 16.3 Å². The molecule has 4 aromatic rings. The monoisotopic (exact) mass is 533 g/mol. The molecule has 0 amide bonds. The molecule has 0 fully saturated rings. The average molecular weight is 534 g/mol. The molecule has 0 aliphatic heterocycles. The zero-order valence-corrected chi connectivity index (χ0v) is 22.6. The Bertz CT molecular complexity index is 1470. The van der Waals surface area contributed by atoms with Crippen LogP contribution in [0, 0.1) is 0 Å². The minimum absolute atomic E-state index is 0.0511. The van der Waals surface area contributed by atoms with Gasteiger partial charge in [0.1, 0.15) is 18.2 Å². The maximum absolute atomic E-state index is 13.3. The normalized spacial score (nSPS) is 11.2. The first kappa shape index (κ1) is 27.2. The predicted octanol–water partition coefficient (Wildman–Crippen LogP) is 6.48. The van der Waals surface area contributed by atoms with E-state index in [0.717, 1.165) is 35.4 Å². The summed E-state index contributed by atoms with van der Waals surface area (Å²) in [7, 11) is 0. The van der Waals surface area contributed by atoms with Gasteiger partial charge in [0.25, 0.3) is 0 Å². The van der Waals surface area contributed by atoms with Crippen molar-refractivity contribution in [2.75, 3.05) is 0 Å². The average Bonchev–Trinajstić information content (AvgIpc) is 3.21. The summed E-state index contributed by atoms with van der Waals surface area (Å²) in [4.78, 5) is 25.0. The van der Waals surface area contributed by atoms with Crippen LogP contribution >= 0.6 is 11.6 Å². The summed E-state index contributed by atoms with van der Waals surface area (Å²) in [6.07, 6.45) is 2.61. The third-order valence-electron chi connectivity index (χ3n) is 6.44. The van der Waals surface area contributed by atoms with Crippen LogP contribution in [0.3, 0.4) is 0 Å². The number of aromatic nitrogens is 3. The molecule has 0 aliphatic rings. The second-order valence-corrected chi connectivity index (χ2v) is 9.93. The Morgan fingerprint density at radius 1 is 1.05 bits per heavy atom. The molecule has 38 heavy (non-hydrogen) atoms. The largest absolute Gasteiger partial charge is 0.489 e. The Labute approximate surface area is 227 Å². The summed E-state index contributed by atoms with van der Waals surface area (Å²) in [5.74, 6) is 0.493. The Morgan fingerprint density at radius 3 is 2.45 bits per heavy atom. The number of para-hydroxylation sites is 1. The number of carbonyl (C=O) groups is 1. The van der Waals surface area contributed by atoms with Crippen LogP contribution in [-0.4, -0.2) is 25.4 Å². The van der Waals surface area contributed by atoms with E-state index < -0.39 is 5.97 Å². The first-order valence-electron chi connectivity index (χ1n) is 12.8. The van der Waals surface area contributed by atoms with Crippen LogP contribution in [0.2, 0.25) is 5.02 Å². The van der Waals surface area contributed by atoms with Gasteiger partial charge >= 0.3 is 11.7 Å². The molecule has 1 heterocycles. The van der Waals surface area contributed by atoms with Crippen LogP contribution in [0.4, 0.5) is 0 Å². The van der Waals surface area contributed by atoms with Crippen molar-refractivity contribution < 1.29 is 14.6 Å². The number of carboxylic acid groups (broad SMARTS) is 1. The second kappa shape index (κ2) is 12.1. The minimum Gasteiger partial charge on any atom is -0.489 e. The molecule has 198 valence electrons.